The van der Waals surface area contributed by atoms with Gasteiger partial charge in [0.05, 0.1) is 23.0 Å². The molecule has 2 rings (SSSR count). The minimum atomic E-state index is -0.949. The second kappa shape index (κ2) is 10.2. The predicted molar refractivity (Wildman–Crippen MR) is 115 cm³/mol. The Balaban J connectivity index is 1.99. The van der Waals surface area contributed by atoms with Crippen LogP contribution in [0.4, 0.5) is 5.69 Å². The van der Waals surface area contributed by atoms with Crippen molar-refractivity contribution in [2.45, 2.75) is 13.8 Å². The van der Waals surface area contributed by atoms with Gasteiger partial charge in [0.15, 0.2) is 11.5 Å². The van der Waals surface area contributed by atoms with E-state index in [1.807, 2.05) is 6.07 Å². The van der Waals surface area contributed by atoms with Gasteiger partial charge in [0.1, 0.15) is 5.92 Å². The molecule has 0 saturated carbocycles. The highest BCUT2D eigenvalue weighted by Gasteiger charge is 2.21. The number of phenolic OH excluding ortho intramolecular Hbond substituents is 1. The van der Waals surface area contributed by atoms with E-state index in [0.29, 0.717) is 28.1 Å². The van der Waals surface area contributed by atoms with Gasteiger partial charge in [-0.2, -0.15) is 5.10 Å². The summed E-state index contributed by atoms with van der Waals surface area (Å²) >= 11 is 6.57. The summed E-state index contributed by atoms with van der Waals surface area (Å²) in [4.78, 5) is 24.4. The lowest BCUT2D eigenvalue weighted by Gasteiger charge is -2.12. The van der Waals surface area contributed by atoms with Crippen LogP contribution in [-0.2, 0) is 9.59 Å². The van der Waals surface area contributed by atoms with Crippen molar-refractivity contribution in [3.8, 4) is 11.5 Å². The molecule has 1 unspecified atom stereocenters. The lowest BCUT2D eigenvalue weighted by molar-refractivity contribution is -0.131. The molecule has 148 valence electrons. The third kappa shape index (κ3) is 5.80. The Kier molecular flexibility index (Phi) is 8.01. The van der Waals surface area contributed by atoms with Gasteiger partial charge in [0, 0.05) is 4.47 Å². The quantitative estimate of drug-likeness (QED) is 0.296. The van der Waals surface area contributed by atoms with Crippen LogP contribution in [0.1, 0.15) is 19.4 Å². The fourth-order valence-corrected chi connectivity index (χ4v) is 2.97. The summed E-state index contributed by atoms with van der Waals surface area (Å²) in [5.74, 6) is -1.67. The number of hydrogen-bond acceptors (Lipinski definition) is 5. The number of benzene rings is 2. The number of anilines is 1. The smallest absolute Gasteiger partial charge is 0.252 e. The molecule has 0 aliphatic carbocycles. The first kappa shape index (κ1) is 21.9. The van der Waals surface area contributed by atoms with Gasteiger partial charge in [-0.3, -0.25) is 9.59 Å². The topological polar surface area (TPSA) is 100 Å². The Bertz CT molecular complexity index is 903. The fraction of sp³-hybridized carbons (Fsp3) is 0.211. The molecule has 0 spiro atoms. The number of halogens is 2. The van der Waals surface area contributed by atoms with Crippen LogP contribution in [0, 0.1) is 5.92 Å². The van der Waals surface area contributed by atoms with E-state index in [9.17, 15) is 14.7 Å². The van der Waals surface area contributed by atoms with E-state index in [1.54, 1.807) is 37.3 Å². The maximum Gasteiger partial charge on any atom is 0.252 e. The fourth-order valence-electron chi connectivity index (χ4n) is 2.12. The van der Waals surface area contributed by atoms with Gasteiger partial charge in [-0.15, -0.1) is 0 Å². The molecule has 0 aromatic heterocycles. The number of nitrogens with zero attached hydrogens (tertiary/aromatic N) is 1. The highest BCUT2D eigenvalue weighted by atomic mass is 79.9. The minimum absolute atomic E-state index is 0.0135. The van der Waals surface area contributed by atoms with Crippen LogP contribution in [0.2, 0.25) is 0 Å². The minimum Gasteiger partial charge on any atom is -0.503 e. The number of aromatic hydroxyl groups is 1. The molecular formula is C19H19Br2N3O4. The zero-order valence-electron chi connectivity index (χ0n) is 15.2. The number of para-hydroxylation sites is 1. The molecule has 0 bridgehead atoms. The normalized spacial score (nSPS) is 11.9. The molecular weight excluding hydrogens is 494 g/mol. The lowest BCUT2D eigenvalue weighted by Crippen LogP contribution is -2.34. The average molecular weight is 513 g/mol. The van der Waals surface area contributed by atoms with Crippen LogP contribution >= 0.6 is 31.9 Å². The van der Waals surface area contributed by atoms with Crippen molar-refractivity contribution >= 4 is 55.6 Å². The summed E-state index contributed by atoms with van der Waals surface area (Å²) in [7, 11) is 0. The molecule has 7 nitrogen and oxygen atoms in total. The Hall–Kier alpha value is -2.39. The van der Waals surface area contributed by atoms with E-state index in [4.69, 9.17) is 4.74 Å². The summed E-state index contributed by atoms with van der Waals surface area (Å²) < 4.78 is 6.49. The molecule has 9 heteroatoms. The molecule has 2 amide bonds. The van der Waals surface area contributed by atoms with Gasteiger partial charge in [0.25, 0.3) is 5.91 Å². The third-order valence-electron chi connectivity index (χ3n) is 3.66. The first-order chi connectivity index (χ1) is 13.3. The van der Waals surface area contributed by atoms with Gasteiger partial charge < -0.3 is 15.2 Å². The number of carbonyl (C=O) groups excluding carboxylic acids is 2. The molecule has 0 heterocycles. The maximum atomic E-state index is 12.2. The van der Waals surface area contributed by atoms with Gasteiger partial charge >= 0.3 is 0 Å². The average Bonchev–Trinajstić information content (AvgIpc) is 2.66. The van der Waals surface area contributed by atoms with E-state index in [0.717, 1.165) is 4.47 Å². The van der Waals surface area contributed by atoms with Crippen LogP contribution in [0.25, 0.3) is 0 Å². The molecule has 2 aromatic rings. The molecule has 0 radical (unpaired) electrons. The Labute approximate surface area is 179 Å². The van der Waals surface area contributed by atoms with E-state index in [1.165, 1.54) is 13.1 Å². The molecule has 0 fully saturated rings. The molecule has 28 heavy (non-hydrogen) atoms. The Morgan fingerprint density at radius 1 is 1.21 bits per heavy atom. The Morgan fingerprint density at radius 3 is 2.61 bits per heavy atom. The molecule has 0 aliphatic heterocycles. The zero-order valence-corrected chi connectivity index (χ0v) is 18.4. The number of carbonyl (C=O) groups is 2. The van der Waals surface area contributed by atoms with E-state index in [-0.39, 0.29) is 5.75 Å². The predicted octanol–water partition coefficient (Wildman–Crippen LogP) is 4.04. The third-order valence-corrected chi connectivity index (χ3v) is 4.95. The molecule has 1 atom stereocenters. The van der Waals surface area contributed by atoms with Crippen LogP contribution < -0.4 is 15.5 Å². The standard InChI is InChI=1S/C19H19Br2N3O4/c1-3-28-16-9-12(8-14(21)17(16)25)10-22-24-19(27)11(2)18(26)23-15-7-5-4-6-13(15)20/h4-11,25H,3H2,1-2H3,(H,23,26)(H,24,27)/b22-10+. The number of phenols is 1. The number of rotatable bonds is 7. The van der Waals surface area contributed by atoms with Crippen molar-refractivity contribution in [2.24, 2.45) is 11.0 Å². The molecule has 0 aliphatic rings. The molecule has 2 aromatic carbocycles. The van der Waals surface area contributed by atoms with E-state index >= 15 is 0 Å². The molecule has 3 N–H and O–H groups in total. The van der Waals surface area contributed by atoms with Gasteiger partial charge in [0.2, 0.25) is 5.91 Å². The van der Waals surface area contributed by atoms with Crippen molar-refractivity contribution in [1.29, 1.82) is 0 Å². The second-order valence-corrected chi connectivity index (χ2v) is 7.42. The largest absolute Gasteiger partial charge is 0.503 e. The van der Waals surface area contributed by atoms with Crippen LogP contribution in [0.5, 0.6) is 11.5 Å². The van der Waals surface area contributed by atoms with E-state index < -0.39 is 17.7 Å². The number of amides is 2. The first-order valence-corrected chi connectivity index (χ1v) is 9.95. The van der Waals surface area contributed by atoms with Crippen LogP contribution in [0.3, 0.4) is 0 Å². The SMILES string of the molecule is CCOc1cc(/C=N/NC(=O)C(C)C(=O)Nc2ccccc2Br)cc(Br)c1O. The van der Waals surface area contributed by atoms with Crippen molar-refractivity contribution in [3.63, 3.8) is 0 Å². The van der Waals surface area contributed by atoms with Crippen molar-refractivity contribution in [3.05, 3.63) is 50.9 Å². The Morgan fingerprint density at radius 2 is 1.93 bits per heavy atom. The number of ether oxygens (including phenoxy) is 1. The summed E-state index contributed by atoms with van der Waals surface area (Å²) in [5, 5.41) is 16.5. The van der Waals surface area contributed by atoms with Crippen LogP contribution in [-0.4, -0.2) is 29.7 Å². The van der Waals surface area contributed by atoms with Gasteiger partial charge in [-0.25, -0.2) is 5.43 Å². The second-order valence-electron chi connectivity index (χ2n) is 5.71. The van der Waals surface area contributed by atoms with Crippen molar-refractivity contribution in [2.75, 3.05) is 11.9 Å². The van der Waals surface area contributed by atoms with Crippen molar-refractivity contribution < 1.29 is 19.4 Å². The monoisotopic (exact) mass is 511 g/mol. The zero-order chi connectivity index (χ0) is 20.7. The summed E-state index contributed by atoms with van der Waals surface area (Å²) in [6.07, 6.45) is 1.39. The van der Waals surface area contributed by atoms with E-state index in [2.05, 4.69) is 47.7 Å². The summed E-state index contributed by atoms with van der Waals surface area (Å²) in [6, 6.07) is 10.3. The number of hydrazone groups is 1. The number of nitrogens with one attached hydrogen (secondary N) is 2. The summed E-state index contributed by atoms with van der Waals surface area (Å²) in [5.41, 5.74) is 3.51. The summed E-state index contributed by atoms with van der Waals surface area (Å²) in [6.45, 7) is 3.68. The van der Waals surface area contributed by atoms with Crippen molar-refractivity contribution in [1.82, 2.24) is 5.43 Å². The highest BCUT2D eigenvalue weighted by molar-refractivity contribution is 9.11. The molecule has 0 saturated heterocycles. The first-order valence-electron chi connectivity index (χ1n) is 8.37. The van der Waals surface area contributed by atoms with Gasteiger partial charge in [-0.1, -0.05) is 12.1 Å². The van der Waals surface area contributed by atoms with Crippen LogP contribution in [0.15, 0.2) is 50.4 Å². The highest BCUT2D eigenvalue weighted by Crippen LogP contribution is 2.35. The lowest BCUT2D eigenvalue weighted by atomic mass is 10.1. The van der Waals surface area contributed by atoms with Gasteiger partial charge in [-0.05, 0) is 75.5 Å². The number of hydrogen-bond donors (Lipinski definition) is 3. The maximum absolute atomic E-state index is 12.2.